The van der Waals surface area contributed by atoms with E-state index in [0.29, 0.717) is 5.52 Å². The van der Waals surface area contributed by atoms with Gasteiger partial charge in [0, 0.05) is 0 Å². The molecule has 2 aromatic rings. The van der Waals surface area contributed by atoms with Crippen molar-refractivity contribution in [2.75, 3.05) is 0 Å². The van der Waals surface area contributed by atoms with Crippen LogP contribution in [-0.4, -0.2) is 9.97 Å². The Morgan fingerprint density at radius 2 is 2.00 bits per heavy atom. The lowest BCUT2D eigenvalue weighted by molar-refractivity contribution is 0.750. The second kappa shape index (κ2) is 3.54. The molecule has 0 aliphatic rings. The lowest BCUT2D eigenvalue weighted by Gasteiger charge is -1.98. The molecule has 0 atom stereocenters. The molecule has 2 rings (SSSR count). The largest absolute Gasteiger partial charge is 0.252 e. The Morgan fingerprint density at radius 3 is 2.71 bits per heavy atom. The van der Waals surface area contributed by atoms with Crippen LogP contribution in [-0.2, 0) is 0 Å². The SMILES string of the molecule is CC=C(F)c1cnc2ccccc2n1. The fraction of sp³-hybridized carbons (Fsp3) is 0.0909. The predicted octanol–water partition coefficient (Wildman–Crippen LogP) is 2.96. The van der Waals surface area contributed by atoms with Crippen LogP contribution in [0.25, 0.3) is 16.9 Å². The Kier molecular flexibility index (Phi) is 2.23. The van der Waals surface area contributed by atoms with Gasteiger partial charge in [-0.05, 0) is 25.1 Å². The number of fused-ring (bicyclic) bond motifs is 1. The Balaban J connectivity index is 2.62. The van der Waals surface area contributed by atoms with Crippen LogP contribution >= 0.6 is 0 Å². The van der Waals surface area contributed by atoms with E-state index in [1.807, 2.05) is 24.3 Å². The normalized spacial score (nSPS) is 12.0. The monoisotopic (exact) mass is 188 g/mol. The first-order chi connectivity index (χ1) is 6.81. The number of halogens is 1. The van der Waals surface area contributed by atoms with Crippen LogP contribution in [0.5, 0.6) is 0 Å². The number of nitrogens with zero attached hydrogens (tertiary/aromatic N) is 2. The highest BCUT2D eigenvalue weighted by Gasteiger charge is 2.02. The van der Waals surface area contributed by atoms with Gasteiger partial charge in [-0.25, -0.2) is 9.37 Å². The Hall–Kier alpha value is -1.77. The molecule has 2 nitrogen and oxygen atoms in total. The fourth-order valence-electron chi connectivity index (χ4n) is 1.22. The minimum Gasteiger partial charge on any atom is -0.252 e. The quantitative estimate of drug-likeness (QED) is 0.687. The molecule has 3 heteroatoms. The number of hydrogen-bond donors (Lipinski definition) is 0. The van der Waals surface area contributed by atoms with Gasteiger partial charge in [-0.1, -0.05) is 12.1 Å². The third kappa shape index (κ3) is 1.48. The van der Waals surface area contributed by atoms with E-state index < -0.39 is 0 Å². The Labute approximate surface area is 81.1 Å². The van der Waals surface area contributed by atoms with Crippen molar-refractivity contribution in [3.05, 3.63) is 42.2 Å². The molecular formula is C11H9FN2. The van der Waals surface area contributed by atoms with E-state index in [-0.39, 0.29) is 11.5 Å². The molecule has 0 bridgehead atoms. The highest BCUT2D eigenvalue weighted by atomic mass is 19.1. The summed E-state index contributed by atoms with van der Waals surface area (Å²) >= 11 is 0. The molecule has 14 heavy (non-hydrogen) atoms. The average molecular weight is 188 g/mol. The van der Waals surface area contributed by atoms with E-state index in [0.717, 1.165) is 5.52 Å². The van der Waals surface area contributed by atoms with Crippen molar-refractivity contribution < 1.29 is 4.39 Å². The summed E-state index contributed by atoms with van der Waals surface area (Å²) in [6.45, 7) is 1.63. The highest BCUT2D eigenvalue weighted by molar-refractivity contribution is 5.75. The summed E-state index contributed by atoms with van der Waals surface area (Å²) in [7, 11) is 0. The molecule has 0 radical (unpaired) electrons. The van der Waals surface area contributed by atoms with Gasteiger partial charge >= 0.3 is 0 Å². The van der Waals surface area contributed by atoms with Gasteiger partial charge in [-0.15, -0.1) is 0 Å². The third-order valence-electron chi connectivity index (χ3n) is 1.95. The van der Waals surface area contributed by atoms with Gasteiger partial charge in [-0.3, -0.25) is 4.98 Å². The first kappa shape index (κ1) is 8.81. The second-order valence-electron chi connectivity index (χ2n) is 2.88. The molecule has 1 aromatic heterocycles. The fourth-order valence-corrected chi connectivity index (χ4v) is 1.22. The lowest BCUT2D eigenvalue weighted by Crippen LogP contribution is -1.89. The Bertz CT molecular complexity index is 491. The van der Waals surface area contributed by atoms with Crippen molar-refractivity contribution in [2.24, 2.45) is 0 Å². The third-order valence-corrected chi connectivity index (χ3v) is 1.95. The maximum atomic E-state index is 13.2. The van der Waals surface area contributed by atoms with Gasteiger partial charge in [0.05, 0.1) is 17.2 Å². The van der Waals surface area contributed by atoms with Crippen molar-refractivity contribution in [2.45, 2.75) is 6.92 Å². The summed E-state index contributed by atoms with van der Waals surface area (Å²) < 4.78 is 13.2. The molecule has 0 N–H and O–H groups in total. The maximum absolute atomic E-state index is 13.2. The first-order valence-electron chi connectivity index (χ1n) is 4.35. The zero-order chi connectivity index (χ0) is 9.97. The molecule has 0 fully saturated rings. The molecule has 70 valence electrons. The molecule has 1 heterocycles. The molecule has 0 saturated carbocycles. The van der Waals surface area contributed by atoms with Crippen LogP contribution in [0.15, 0.2) is 36.5 Å². The van der Waals surface area contributed by atoms with E-state index in [4.69, 9.17) is 0 Å². The van der Waals surface area contributed by atoms with Gasteiger partial charge in [0.1, 0.15) is 11.5 Å². The van der Waals surface area contributed by atoms with Crippen LogP contribution in [0.3, 0.4) is 0 Å². The Morgan fingerprint density at radius 1 is 1.29 bits per heavy atom. The minimum absolute atomic E-state index is 0.284. The van der Waals surface area contributed by atoms with Gasteiger partial charge in [0.15, 0.2) is 0 Å². The number of aromatic nitrogens is 2. The number of rotatable bonds is 1. The summed E-state index contributed by atoms with van der Waals surface area (Å²) in [5.74, 6) is -0.344. The van der Waals surface area contributed by atoms with E-state index in [1.54, 1.807) is 6.92 Å². The van der Waals surface area contributed by atoms with E-state index in [1.165, 1.54) is 12.3 Å². The van der Waals surface area contributed by atoms with Crippen molar-refractivity contribution >= 4 is 16.9 Å². The van der Waals surface area contributed by atoms with Crippen LogP contribution in [0.2, 0.25) is 0 Å². The standard InChI is InChI=1S/C11H9FN2/c1-2-8(12)11-7-13-9-5-3-4-6-10(9)14-11/h2-7H,1H3. The highest BCUT2D eigenvalue weighted by Crippen LogP contribution is 2.15. The summed E-state index contributed by atoms with van der Waals surface area (Å²) in [5.41, 5.74) is 1.77. The number of hydrogen-bond acceptors (Lipinski definition) is 2. The van der Waals surface area contributed by atoms with Crippen LogP contribution in [0.1, 0.15) is 12.6 Å². The molecule has 0 aliphatic carbocycles. The number of para-hydroxylation sites is 2. The van der Waals surface area contributed by atoms with E-state index >= 15 is 0 Å². The zero-order valence-electron chi connectivity index (χ0n) is 7.74. The van der Waals surface area contributed by atoms with Crippen molar-refractivity contribution in [3.8, 4) is 0 Å². The maximum Gasteiger partial charge on any atom is 0.146 e. The van der Waals surface area contributed by atoms with Crippen LogP contribution < -0.4 is 0 Å². The first-order valence-corrected chi connectivity index (χ1v) is 4.35. The van der Waals surface area contributed by atoms with Crippen LogP contribution in [0, 0.1) is 0 Å². The van der Waals surface area contributed by atoms with Crippen LogP contribution in [0.4, 0.5) is 4.39 Å². The second-order valence-corrected chi connectivity index (χ2v) is 2.88. The molecule has 1 aromatic carbocycles. The molecule has 0 spiro atoms. The van der Waals surface area contributed by atoms with Gasteiger partial charge in [0.25, 0.3) is 0 Å². The predicted molar refractivity (Wildman–Crippen MR) is 54.3 cm³/mol. The molecule has 0 unspecified atom stereocenters. The van der Waals surface area contributed by atoms with E-state index in [2.05, 4.69) is 9.97 Å². The summed E-state index contributed by atoms with van der Waals surface area (Å²) in [6.07, 6.45) is 2.82. The van der Waals surface area contributed by atoms with Gasteiger partial charge < -0.3 is 0 Å². The van der Waals surface area contributed by atoms with E-state index in [9.17, 15) is 4.39 Å². The molecule has 0 aliphatic heterocycles. The van der Waals surface area contributed by atoms with Gasteiger partial charge in [-0.2, -0.15) is 0 Å². The van der Waals surface area contributed by atoms with Crippen molar-refractivity contribution in [1.29, 1.82) is 0 Å². The zero-order valence-corrected chi connectivity index (χ0v) is 7.74. The summed E-state index contributed by atoms with van der Waals surface area (Å²) in [6, 6.07) is 7.39. The topological polar surface area (TPSA) is 25.8 Å². The number of benzene rings is 1. The molecular weight excluding hydrogens is 179 g/mol. The molecule has 0 saturated heterocycles. The smallest absolute Gasteiger partial charge is 0.146 e. The summed E-state index contributed by atoms with van der Waals surface area (Å²) in [4.78, 5) is 8.25. The lowest BCUT2D eigenvalue weighted by atomic mass is 10.3. The average Bonchev–Trinajstić information content (AvgIpc) is 2.27. The minimum atomic E-state index is -0.344. The number of allylic oxidation sites excluding steroid dienone is 1. The van der Waals surface area contributed by atoms with Crippen molar-refractivity contribution in [1.82, 2.24) is 9.97 Å². The summed E-state index contributed by atoms with van der Waals surface area (Å²) in [5, 5.41) is 0. The molecule has 0 amide bonds. The van der Waals surface area contributed by atoms with Crippen molar-refractivity contribution in [3.63, 3.8) is 0 Å². The van der Waals surface area contributed by atoms with Gasteiger partial charge in [0.2, 0.25) is 0 Å².